The normalized spacial score (nSPS) is 19.8. The maximum atomic E-state index is 12.5. The molecular formula is C17H29F3IN5S. The lowest BCUT2D eigenvalue weighted by Crippen LogP contribution is -2.45. The van der Waals surface area contributed by atoms with E-state index in [-0.39, 0.29) is 36.1 Å². The number of likely N-dealkylation sites (tertiary alicyclic amines) is 1. The number of nitrogens with zero attached hydrogens (tertiary/aromatic N) is 3. The number of rotatable bonds is 7. The number of nitrogens with one attached hydrogen (secondary N) is 2. The molecule has 0 aliphatic carbocycles. The molecule has 0 amide bonds. The van der Waals surface area contributed by atoms with Gasteiger partial charge in [0.25, 0.3) is 0 Å². The zero-order valence-electron chi connectivity index (χ0n) is 15.9. The van der Waals surface area contributed by atoms with Crippen LogP contribution >= 0.6 is 35.3 Å². The first-order chi connectivity index (χ1) is 12.3. The van der Waals surface area contributed by atoms with Crippen molar-refractivity contribution in [1.82, 2.24) is 20.4 Å². The third-order valence-electron chi connectivity index (χ3n) is 4.28. The van der Waals surface area contributed by atoms with Gasteiger partial charge >= 0.3 is 6.18 Å². The van der Waals surface area contributed by atoms with E-state index in [1.54, 1.807) is 11.3 Å². The van der Waals surface area contributed by atoms with Gasteiger partial charge < -0.3 is 15.5 Å². The fraction of sp³-hybridized carbons (Fsp3) is 0.706. The second-order valence-electron chi connectivity index (χ2n) is 6.69. The Hall–Kier alpha value is -0.590. The Morgan fingerprint density at radius 3 is 2.74 bits per heavy atom. The number of likely N-dealkylation sites (N-methyl/N-ethyl adjacent to an activating group) is 1. The SMILES string of the molecule is CCNC(=NCC(c1cccs1)N(C)C)NC1CCN(CC(F)(F)F)C1.I. The molecule has 10 heteroatoms. The Morgan fingerprint density at radius 1 is 1.44 bits per heavy atom. The van der Waals surface area contributed by atoms with Crippen LogP contribution in [0, 0.1) is 0 Å². The quantitative estimate of drug-likeness (QED) is 0.330. The van der Waals surface area contributed by atoms with E-state index in [9.17, 15) is 13.2 Å². The molecule has 2 rings (SSSR count). The van der Waals surface area contributed by atoms with Crippen LogP contribution in [0.1, 0.15) is 24.3 Å². The number of hydrogen-bond acceptors (Lipinski definition) is 4. The largest absolute Gasteiger partial charge is 0.401 e. The van der Waals surface area contributed by atoms with Crippen LogP contribution in [0.2, 0.25) is 0 Å². The van der Waals surface area contributed by atoms with Crippen molar-refractivity contribution in [3.63, 3.8) is 0 Å². The van der Waals surface area contributed by atoms with Gasteiger partial charge in [0.05, 0.1) is 19.1 Å². The molecule has 1 aliphatic heterocycles. The summed E-state index contributed by atoms with van der Waals surface area (Å²) in [6, 6.07) is 4.28. The monoisotopic (exact) mass is 519 g/mol. The highest BCUT2D eigenvalue weighted by molar-refractivity contribution is 14.0. The van der Waals surface area contributed by atoms with Crippen molar-refractivity contribution in [1.29, 1.82) is 0 Å². The Balaban J connectivity index is 0.00000364. The van der Waals surface area contributed by atoms with Crippen LogP contribution in [0.4, 0.5) is 13.2 Å². The summed E-state index contributed by atoms with van der Waals surface area (Å²) in [7, 11) is 4.04. The highest BCUT2D eigenvalue weighted by Crippen LogP contribution is 2.23. The molecule has 2 N–H and O–H groups in total. The third kappa shape index (κ3) is 8.53. The fourth-order valence-corrected chi connectivity index (χ4v) is 3.94. The lowest BCUT2D eigenvalue weighted by atomic mass is 10.2. The minimum absolute atomic E-state index is 0. The summed E-state index contributed by atoms with van der Waals surface area (Å²) in [4.78, 5) is 9.48. The molecule has 2 unspecified atom stereocenters. The predicted octanol–water partition coefficient (Wildman–Crippen LogP) is 3.16. The van der Waals surface area contributed by atoms with Crippen molar-refractivity contribution in [3.05, 3.63) is 22.4 Å². The number of guanidine groups is 1. The van der Waals surface area contributed by atoms with Gasteiger partial charge in [-0.2, -0.15) is 13.2 Å². The Kier molecular flexibility index (Phi) is 10.3. The molecular weight excluding hydrogens is 490 g/mol. The minimum atomic E-state index is -4.15. The first-order valence-electron chi connectivity index (χ1n) is 8.82. The van der Waals surface area contributed by atoms with Crippen molar-refractivity contribution < 1.29 is 13.2 Å². The fourth-order valence-electron chi connectivity index (χ4n) is 3.03. The maximum Gasteiger partial charge on any atom is 0.401 e. The van der Waals surface area contributed by atoms with Gasteiger partial charge in [-0.25, -0.2) is 0 Å². The molecule has 27 heavy (non-hydrogen) atoms. The van der Waals surface area contributed by atoms with Crippen molar-refractivity contribution in [2.75, 3.05) is 46.8 Å². The van der Waals surface area contributed by atoms with Gasteiger partial charge in [-0.3, -0.25) is 9.89 Å². The molecule has 2 heterocycles. The minimum Gasteiger partial charge on any atom is -0.357 e. The molecule has 5 nitrogen and oxygen atoms in total. The van der Waals surface area contributed by atoms with Crippen molar-refractivity contribution in [2.45, 2.75) is 31.6 Å². The Morgan fingerprint density at radius 2 is 2.19 bits per heavy atom. The van der Waals surface area contributed by atoms with Gasteiger partial charge in [0, 0.05) is 30.6 Å². The summed E-state index contributed by atoms with van der Waals surface area (Å²) < 4.78 is 37.6. The smallest absolute Gasteiger partial charge is 0.357 e. The standard InChI is InChI=1S/C17H28F3N5S.HI/c1-4-21-16(22-10-14(24(2)3)15-6-5-9-26-15)23-13-7-8-25(11-13)12-17(18,19)20;/h5-6,9,13-14H,4,7-8,10-12H2,1-3H3,(H2,21,22,23);1H. The summed E-state index contributed by atoms with van der Waals surface area (Å²) in [5.41, 5.74) is 0. The molecule has 0 spiro atoms. The van der Waals surface area contributed by atoms with Crippen LogP contribution in [0.15, 0.2) is 22.5 Å². The topological polar surface area (TPSA) is 42.9 Å². The van der Waals surface area contributed by atoms with E-state index in [0.29, 0.717) is 38.6 Å². The number of alkyl halides is 3. The van der Waals surface area contributed by atoms with Gasteiger partial charge in [-0.1, -0.05) is 6.07 Å². The number of aliphatic imine (C=N–C) groups is 1. The van der Waals surface area contributed by atoms with Crippen molar-refractivity contribution >= 4 is 41.3 Å². The first-order valence-corrected chi connectivity index (χ1v) is 9.70. The average molecular weight is 519 g/mol. The van der Waals surface area contributed by atoms with E-state index < -0.39 is 12.7 Å². The molecule has 1 aromatic rings. The second kappa shape index (κ2) is 11.4. The zero-order valence-corrected chi connectivity index (χ0v) is 19.1. The lowest BCUT2D eigenvalue weighted by molar-refractivity contribution is -0.143. The zero-order chi connectivity index (χ0) is 19.2. The van der Waals surface area contributed by atoms with E-state index in [4.69, 9.17) is 0 Å². The van der Waals surface area contributed by atoms with Gasteiger partial charge in [0.15, 0.2) is 5.96 Å². The van der Waals surface area contributed by atoms with Crippen molar-refractivity contribution in [2.24, 2.45) is 4.99 Å². The van der Waals surface area contributed by atoms with Crippen LogP contribution in [0.5, 0.6) is 0 Å². The van der Waals surface area contributed by atoms with Crippen LogP contribution in [-0.2, 0) is 0 Å². The van der Waals surface area contributed by atoms with Crippen LogP contribution in [0.3, 0.4) is 0 Å². The van der Waals surface area contributed by atoms with Crippen LogP contribution in [0.25, 0.3) is 0 Å². The number of hydrogen-bond donors (Lipinski definition) is 2. The number of thiophene rings is 1. The van der Waals surface area contributed by atoms with Crippen LogP contribution in [-0.4, -0.2) is 74.8 Å². The van der Waals surface area contributed by atoms with Gasteiger partial charge in [-0.05, 0) is 38.9 Å². The lowest BCUT2D eigenvalue weighted by Gasteiger charge is -2.23. The Bertz CT molecular complexity index is 565. The molecule has 0 aromatic carbocycles. The average Bonchev–Trinajstić information content (AvgIpc) is 3.18. The molecule has 0 saturated carbocycles. The summed E-state index contributed by atoms with van der Waals surface area (Å²) in [5.74, 6) is 0.662. The highest BCUT2D eigenvalue weighted by atomic mass is 127. The highest BCUT2D eigenvalue weighted by Gasteiger charge is 2.34. The van der Waals surface area contributed by atoms with Gasteiger partial charge in [-0.15, -0.1) is 35.3 Å². The second-order valence-corrected chi connectivity index (χ2v) is 7.67. The van der Waals surface area contributed by atoms with Gasteiger partial charge in [0.1, 0.15) is 0 Å². The summed E-state index contributed by atoms with van der Waals surface area (Å²) in [6.45, 7) is 3.25. The molecule has 1 aliphatic rings. The van der Waals surface area contributed by atoms with E-state index in [1.807, 2.05) is 32.5 Å². The maximum absolute atomic E-state index is 12.5. The summed E-state index contributed by atoms with van der Waals surface area (Å²) in [6.07, 6.45) is -3.46. The molecule has 2 atom stereocenters. The van der Waals surface area contributed by atoms with E-state index in [1.165, 1.54) is 9.78 Å². The predicted molar refractivity (Wildman–Crippen MR) is 116 cm³/mol. The number of halogens is 4. The molecule has 1 aromatic heterocycles. The van der Waals surface area contributed by atoms with E-state index in [2.05, 4.69) is 26.6 Å². The summed E-state index contributed by atoms with van der Waals surface area (Å²) >= 11 is 1.70. The van der Waals surface area contributed by atoms with Gasteiger partial charge in [0.2, 0.25) is 0 Å². The van der Waals surface area contributed by atoms with E-state index in [0.717, 1.165) is 0 Å². The first kappa shape index (κ1) is 24.4. The van der Waals surface area contributed by atoms with Crippen molar-refractivity contribution in [3.8, 4) is 0 Å². The molecule has 1 saturated heterocycles. The molecule has 0 radical (unpaired) electrons. The molecule has 1 fully saturated rings. The van der Waals surface area contributed by atoms with E-state index >= 15 is 0 Å². The summed E-state index contributed by atoms with van der Waals surface area (Å²) in [5, 5.41) is 8.53. The molecule has 0 bridgehead atoms. The van der Waals surface area contributed by atoms with Crippen LogP contribution < -0.4 is 10.6 Å². The molecule has 156 valence electrons. The third-order valence-corrected chi connectivity index (χ3v) is 5.25. The Labute approximate surface area is 180 Å².